The van der Waals surface area contributed by atoms with Crippen LogP contribution >= 0.6 is 0 Å². The normalized spacial score (nSPS) is 16.5. The summed E-state index contributed by atoms with van der Waals surface area (Å²) in [6.07, 6.45) is -6.25. The quantitative estimate of drug-likeness (QED) is 0.193. The van der Waals surface area contributed by atoms with Crippen molar-refractivity contribution >= 4 is 10.1 Å². The van der Waals surface area contributed by atoms with E-state index >= 15 is 0 Å². The molecule has 27 heteroatoms. The van der Waals surface area contributed by atoms with E-state index in [4.69, 9.17) is 0 Å². The molecule has 0 radical (unpaired) electrons. The zero-order valence-corrected chi connectivity index (χ0v) is 20.5. The van der Waals surface area contributed by atoms with Gasteiger partial charge in [0.15, 0.2) is 10.1 Å². The zero-order valence-electron chi connectivity index (χ0n) is 16.5. The first-order chi connectivity index (χ1) is 15.4. The number of hydrogen-bond donors (Lipinski definition) is 0. The molecule has 0 aliphatic rings. The van der Waals surface area contributed by atoms with Crippen molar-refractivity contribution in [3.8, 4) is 0 Å². The molecule has 0 aromatic carbocycles. The average molecular weight is 670 g/mol. The van der Waals surface area contributed by atoms with E-state index in [9.17, 15) is 110 Å². The minimum absolute atomic E-state index is 0. The van der Waals surface area contributed by atoms with Gasteiger partial charge in [0.1, 0.15) is 0 Å². The van der Waals surface area contributed by atoms with E-state index in [1.807, 2.05) is 0 Å². The molecule has 224 valence electrons. The summed E-state index contributed by atoms with van der Waals surface area (Å²) in [5.74, 6) is -81.4. The van der Waals surface area contributed by atoms with E-state index in [2.05, 4.69) is 0 Å². The Morgan fingerprint density at radius 3 is 0.789 bits per heavy atom. The van der Waals surface area contributed by atoms with Crippen LogP contribution in [0.3, 0.4) is 0 Å². The molecule has 0 aliphatic carbocycles. The molecular weight excluding hydrogens is 669 g/mol. The third kappa shape index (κ3) is 4.79. The first kappa shape index (κ1) is 40.1. The van der Waals surface area contributed by atoms with Crippen molar-refractivity contribution in [2.24, 2.45) is 0 Å². The Balaban J connectivity index is 0. The van der Waals surface area contributed by atoms with Crippen LogP contribution < -0.4 is 51.4 Å². The summed E-state index contributed by atoms with van der Waals surface area (Å²) >= 11 is 0. The van der Waals surface area contributed by atoms with Crippen molar-refractivity contribution in [3.05, 3.63) is 0 Å². The van der Waals surface area contributed by atoms with Crippen LogP contribution in [0.2, 0.25) is 0 Å². The van der Waals surface area contributed by atoms with Crippen molar-refractivity contribution in [2.45, 2.75) is 65.0 Å². The van der Waals surface area contributed by atoms with Gasteiger partial charge in [-0.2, -0.15) is 87.8 Å². The van der Waals surface area contributed by atoms with E-state index in [1.54, 1.807) is 0 Å². The second-order valence-electron chi connectivity index (χ2n) is 6.49. The molecule has 0 saturated carbocycles. The van der Waals surface area contributed by atoms with Gasteiger partial charge in [-0.25, -0.2) is 17.2 Å². The van der Waals surface area contributed by atoms with Gasteiger partial charge in [-0.1, -0.05) is 0 Å². The molecule has 0 saturated heterocycles. The summed E-state index contributed by atoms with van der Waals surface area (Å²) in [6.45, 7) is 0. The maximum atomic E-state index is 13.4. The van der Waals surface area contributed by atoms with Gasteiger partial charge in [0.2, 0.25) is 0 Å². The average Bonchev–Trinajstić information content (AvgIpc) is 2.65. The predicted octanol–water partition coefficient (Wildman–Crippen LogP) is 3.11. The van der Waals surface area contributed by atoms with E-state index < -0.39 is 75.1 Å². The number of hydrogen-bond acceptors (Lipinski definition) is 3. The largest absolute Gasteiger partial charge is 1.00 e. The minimum Gasteiger partial charge on any atom is -0.743 e. The van der Waals surface area contributed by atoms with Crippen LogP contribution in [0.15, 0.2) is 0 Å². The molecule has 0 fully saturated rings. The Bertz CT molecular complexity index is 971. The van der Waals surface area contributed by atoms with Crippen LogP contribution in [0.4, 0.5) is 96.6 Å². The summed E-state index contributed by atoms with van der Waals surface area (Å²) in [5.41, 5.74) is 0. The monoisotopic (exact) mass is 670 g/mol. The molecule has 0 spiro atoms. The van der Waals surface area contributed by atoms with Crippen LogP contribution in [0, 0.1) is 0 Å². The number of rotatable bonds is 11. The second-order valence-corrected chi connectivity index (χ2v) is 7.91. The molecule has 0 rings (SSSR count). The molecule has 0 aromatic rings. The Labute approximate surface area is 235 Å². The Hall–Kier alpha value is 0.00636. The molecule has 0 bridgehead atoms. The molecule has 0 unspecified atom stereocenters. The van der Waals surface area contributed by atoms with Gasteiger partial charge in [-0.15, -0.1) is 0 Å². The Morgan fingerprint density at radius 2 is 0.605 bits per heavy atom. The molecule has 38 heavy (non-hydrogen) atoms. The summed E-state index contributed by atoms with van der Waals surface area (Å²) in [4.78, 5) is 0. The smallest absolute Gasteiger partial charge is 0.743 e. The van der Waals surface area contributed by atoms with Crippen LogP contribution in [0.25, 0.3) is 0 Å². The second kappa shape index (κ2) is 10.1. The summed E-state index contributed by atoms with van der Waals surface area (Å²) in [7, 11) is -8.38. The van der Waals surface area contributed by atoms with Gasteiger partial charge in [0.25, 0.3) is 0 Å². The molecule has 0 aromatic heterocycles. The van der Waals surface area contributed by atoms with E-state index in [0.29, 0.717) is 0 Å². The summed E-state index contributed by atoms with van der Waals surface area (Å²) < 4.78 is 316. The van der Waals surface area contributed by atoms with E-state index in [1.165, 1.54) is 0 Å². The molecule has 3 nitrogen and oxygen atoms in total. The van der Waals surface area contributed by atoms with Crippen molar-refractivity contribution in [2.75, 3.05) is 0 Å². The topological polar surface area (TPSA) is 57.2 Å². The van der Waals surface area contributed by atoms with E-state index in [-0.39, 0.29) is 51.4 Å². The van der Waals surface area contributed by atoms with E-state index in [0.717, 1.165) is 0 Å². The number of alkyl halides is 22. The molecule has 0 heterocycles. The number of halogens is 22. The first-order valence-corrected chi connectivity index (χ1v) is 8.87. The fraction of sp³-hybridized carbons (Fsp3) is 1.00. The summed E-state index contributed by atoms with van der Waals surface area (Å²) in [6, 6.07) is 0. The Kier molecular flexibility index (Phi) is 10.6. The molecule has 0 N–H and O–H groups in total. The van der Waals surface area contributed by atoms with Gasteiger partial charge in [-0.3, -0.25) is 0 Å². The minimum atomic E-state index is -9.47. The van der Waals surface area contributed by atoms with Gasteiger partial charge >= 0.3 is 116 Å². The fourth-order valence-electron chi connectivity index (χ4n) is 1.87. The van der Waals surface area contributed by atoms with Crippen LogP contribution in [-0.2, 0) is 10.1 Å². The maximum absolute atomic E-state index is 13.4. The zero-order chi connectivity index (χ0) is 31.1. The van der Waals surface area contributed by atoms with Crippen LogP contribution in [0.1, 0.15) is 0 Å². The van der Waals surface area contributed by atoms with Gasteiger partial charge < -0.3 is 4.55 Å². The molecule has 0 aliphatic heterocycles. The van der Waals surface area contributed by atoms with Crippen molar-refractivity contribution in [1.29, 1.82) is 0 Å². The fourth-order valence-corrected chi connectivity index (χ4v) is 2.31. The van der Waals surface area contributed by atoms with Gasteiger partial charge in [-0.05, 0) is 0 Å². The molecule has 0 amide bonds. The predicted molar refractivity (Wildman–Crippen MR) is 65.2 cm³/mol. The van der Waals surface area contributed by atoms with Crippen molar-refractivity contribution in [1.82, 2.24) is 0 Å². The van der Waals surface area contributed by atoms with Gasteiger partial charge in [0.05, 0.1) is 0 Å². The Morgan fingerprint density at radius 1 is 0.421 bits per heavy atom. The SMILES string of the molecule is O=S(=O)([O-])C(F)(F)C(F)(F)C(F)(F)C(F)(F)C(F)(F)C(F)(F)C(F)(F)C(F)(F)C(F)(F)C(F)(F)C(F)F.[K+]. The third-order valence-electron chi connectivity index (χ3n) is 4.13. The van der Waals surface area contributed by atoms with Crippen molar-refractivity contribution in [3.63, 3.8) is 0 Å². The molecular formula is C11HF22KO3S. The summed E-state index contributed by atoms with van der Waals surface area (Å²) in [5, 5.41) is -8.21. The van der Waals surface area contributed by atoms with Crippen LogP contribution in [0.5, 0.6) is 0 Å². The first-order valence-electron chi connectivity index (χ1n) is 7.46. The van der Waals surface area contributed by atoms with Crippen molar-refractivity contribution < 1.29 is 161 Å². The standard InChI is InChI=1S/C11H2F22O3S.K/c12-1(13)2(14,15)3(16,17)4(18,19)5(20,21)6(22,23)7(24,25)8(26,27)9(28,29)10(30,31)11(32,33)37(34,35)36;/h1H,(H,34,35,36);/q;+1/p-1. The molecule has 0 atom stereocenters. The third-order valence-corrected chi connectivity index (χ3v) is 5.02. The maximum Gasteiger partial charge on any atom is 1.00 e. The van der Waals surface area contributed by atoms with Crippen LogP contribution in [-0.4, -0.2) is 78.0 Å². The van der Waals surface area contributed by atoms with Gasteiger partial charge in [0, 0.05) is 0 Å².